The van der Waals surface area contributed by atoms with Crippen LogP contribution in [0, 0.1) is 0 Å². The van der Waals surface area contributed by atoms with Gasteiger partial charge in [-0.25, -0.2) is 0 Å². The number of carbonyl (C=O) groups excluding carboxylic acids is 3. The maximum absolute atomic E-state index is 13.5. The molecule has 0 saturated carbocycles. The maximum Gasteiger partial charge on any atom is 0.257 e. The number of thiophene rings is 1. The van der Waals surface area contributed by atoms with Gasteiger partial charge in [-0.15, -0.1) is 11.3 Å². The van der Waals surface area contributed by atoms with E-state index in [4.69, 9.17) is 9.47 Å². The fourth-order valence-corrected chi connectivity index (χ4v) is 7.01. The monoisotopic (exact) mass is 602 g/mol. The molecule has 2 N–H and O–H groups in total. The Morgan fingerprint density at radius 3 is 2.70 bits per heavy atom. The van der Waals surface area contributed by atoms with E-state index < -0.39 is 0 Å². The largest absolute Gasteiger partial charge is 0.490 e. The first-order valence-corrected chi connectivity index (χ1v) is 15.9. The van der Waals surface area contributed by atoms with Crippen molar-refractivity contribution in [3.8, 4) is 5.75 Å². The van der Waals surface area contributed by atoms with Crippen LogP contribution in [0.2, 0.25) is 0 Å². The number of likely N-dealkylation sites (N-methyl/N-ethyl adjacent to an activating group) is 1. The second kappa shape index (κ2) is 13.3. The number of anilines is 1. The molecule has 9 nitrogen and oxygen atoms in total. The minimum atomic E-state index is -0.341. The molecular weight excluding hydrogens is 564 g/mol. The number of nitrogens with one attached hydrogen (secondary N) is 2. The van der Waals surface area contributed by atoms with E-state index in [1.807, 2.05) is 23.6 Å². The lowest BCUT2D eigenvalue weighted by Gasteiger charge is -2.42. The van der Waals surface area contributed by atoms with Crippen LogP contribution in [0.1, 0.15) is 46.5 Å². The number of fused-ring (bicyclic) bond motifs is 2. The second-order valence-corrected chi connectivity index (χ2v) is 12.7. The normalized spacial score (nSPS) is 23.8. The molecule has 2 aromatic carbocycles. The van der Waals surface area contributed by atoms with E-state index in [2.05, 4.69) is 39.8 Å². The smallest absolute Gasteiger partial charge is 0.257 e. The number of carbonyl (C=O) groups is 3. The Balaban J connectivity index is 1.02. The van der Waals surface area contributed by atoms with Crippen LogP contribution in [0.3, 0.4) is 0 Å². The summed E-state index contributed by atoms with van der Waals surface area (Å²) in [6.45, 7) is 2.97. The Kier molecular flexibility index (Phi) is 9.06. The molecule has 43 heavy (non-hydrogen) atoms. The van der Waals surface area contributed by atoms with Crippen molar-refractivity contribution in [1.29, 1.82) is 0 Å². The van der Waals surface area contributed by atoms with Crippen molar-refractivity contribution in [1.82, 2.24) is 15.1 Å². The zero-order chi connectivity index (χ0) is 29.8. The average Bonchev–Trinajstić information content (AvgIpc) is 3.67. The molecule has 3 aliphatic rings. The summed E-state index contributed by atoms with van der Waals surface area (Å²) in [5.41, 5.74) is 2.25. The maximum atomic E-state index is 13.5. The number of hydrogen-bond acceptors (Lipinski definition) is 7. The molecule has 6 rings (SSSR count). The molecule has 3 aromatic rings. The van der Waals surface area contributed by atoms with Gasteiger partial charge in [-0.1, -0.05) is 36.4 Å². The molecule has 4 atom stereocenters. The predicted octanol–water partition coefficient (Wildman–Crippen LogP) is 4.09. The van der Waals surface area contributed by atoms with E-state index in [0.29, 0.717) is 29.8 Å². The van der Waals surface area contributed by atoms with Gasteiger partial charge in [0.2, 0.25) is 11.8 Å². The van der Waals surface area contributed by atoms with Crippen LogP contribution < -0.4 is 15.4 Å². The highest BCUT2D eigenvalue weighted by Crippen LogP contribution is 2.32. The fourth-order valence-electron chi connectivity index (χ4n) is 6.31. The van der Waals surface area contributed by atoms with E-state index in [1.165, 1.54) is 16.9 Å². The molecule has 3 amide bonds. The molecule has 3 aliphatic heterocycles. The van der Waals surface area contributed by atoms with Crippen LogP contribution in [-0.2, 0) is 27.3 Å². The third kappa shape index (κ3) is 7.26. The van der Waals surface area contributed by atoms with Crippen molar-refractivity contribution < 1.29 is 23.9 Å². The van der Waals surface area contributed by atoms with Gasteiger partial charge in [0.1, 0.15) is 18.5 Å². The predicted molar refractivity (Wildman–Crippen MR) is 165 cm³/mol. The number of ether oxygens (including phenoxy) is 2. The van der Waals surface area contributed by atoms with Crippen LogP contribution in [0.4, 0.5) is 5.69 Å². The van der Waals surface area contributed by atoms with E-state index in [-0.39, 0.29) is 55.0 Å². The van der Waals surface area contributed by atoms with Gasteiger partial charge in [-0.05, 0) is 54.5 Å². The summed E-state index contributed by atoms with van der Waals surface area (Å²) in [7, 11) is 1.79. The van der Waals surface area contributed by atoms with Gasteiger partial charge < -0.3 is 25.0 Å². The highest BCUT2D eigenvalue weighted by atomic mass is 32.1. The molecule has 0 bridgehead atoms. The summed E-state index contributed by atoms with van der Waals surface area (Å²) < 4.78 is 12.5. The molecule has 0 spiro atoms. The van der Waals surface area contributed by atoms with Crippen molar-refractivity contribution in [3.63, 3.8) is 0 Å². The lowest BCUT2D eigenvalue weighted by molar-refractivity contribution is -0.134. The molecule has 2 saturated heterocycles. The molecule has 10 heteroatoms. The number of likely N-dealkylation sites (tertiary alicyclic amines) is 1. The summed E-state index contributed by atoms with van der Waals surface area (Å²) >= 11 is 1.53. The summed E-state index contributed by atoms with van der Waals surface area (Å²) in [4.78, 5) is 44.1. The summed E-state index contributed by atoms with van der Waals surface area (Å²) in [5, 5.41) is 8.05. The number of nitrogens with zero attached hydrogens (tertiary/aromatic N) is 2. The molecule has 4 heterocycles. The van der Waals surface area contributed by atoms with Crippen molar-refractivity contribution in [2.24, 2.45) is 0 Å². The van der Waals surface area contributed by atoms with Crippen molar-refractivity contribution in [3.05, 3.63) is 82.0 Å². The minimum Gasteiger partial charge on any atom is -0.490 e. The molecule has 1 aromatic heterocycles. The van der Waals surface area contributed by atoms with Gasteiger partial charge >= 0.3 is 0 Å². The summed E-state index contributed by atoms with van der Waals surface area (Å²) in [5.74, 6) is 0.143. The van der Waals surface area contributed by atoms with E-state index >= 15 is 0 Å². The van der Waals surface area contributed by atoms with E-state index in [1.54, 1.807) is 30.1 Å². The van der Waals surface area contributed by atoms with E-state index in [9.17, 15) is 14.4 Å². The quantitative estimate of drug-likeness (QED) is 0.403. The van der Waals surface area contributed by atoms with Gasteiger partial charge in [0.15, 0.2) is 0 Å². The Bertz CT molecular complexity index is 1430. The van der Waals surface area contributed by atoms with Gasteiger partial charge in [0, 0.05) is 43.3 Å². The number of rotatable bonds is 8. The topological polar surface area (TPSA) is 100 Å². The number of benzene rings is 2. The highest BCUT2D eigenvalue weighted by Gasteiger charge is 2.39. The van der Waals surface area contributed by atoms with Gasteiger partial charge in [-0.3, -0.25) is 19.3 Å². The van der Waals surface area contributed by atoms with Gasteiger partial charge in [-0.2, -0.15) is 0 Å². The number of amides is 3. The van der Waals surface area contributed by atoms with Crippen molar-refractivity contribution in [2.45, 2.75) is 62.9 Å². The first kappa shape index (κ1) is 29.3. The molecular formula is C33H38N4O5S. The highest BCUT2D eigenvalue weighted by molar-refractivity contribution is 7.10. The Morgan fingerprint density at radius 2 is 1.88 bits per heavy atom. The third-order valence-electron chi connectivity index (χ3n) is 8.51. The van der Waals surface area contributed by atoms with Crippen molar-refractivity contribution in [2.75, 3.05) is 32.1 Å². The Labute approximate surface area is 256 Å². The summed E-state index contributed by atoms with van der Waals surface area (Å²) in [6.07, 6.45) is 2.35. The Morgan fingerprint density at radius 1 is 1.02 bits per heavy atom. The minimum absolute atomic E-state index is 0.00482. The van der Waals surface area contributed by atoms with Gasteiger partial charge in [0.25, 0.3) is 5.91 Å². The molecule has 2 fully saturated rings. The zero-order valence-electron chi connectivity index (χ0n) is 24.4. The van der Waals surface area contributed by atoms with Crippen LogP contribution in [-0.4, -0.2) is 78.6 Å². The zero-order valence-corrected chi connectivity index (χ0v) is 25.2. The standard InChI is InChI=1S/C33H38N4O5S/c1-36-28-11-10-25(17-31(38)35-24-13-14-37(20-24)19-22-6-3-2-4-7-22)42-30(28)21-41-29-12-9-23(16-27(29)33(36)40)34-32(39)18-26-8-5-15-43-26/h2-9,12,15-16,24-25,28,30H,10-11,13-14,17-21H2,1H3,(H,34,39)(H,35,38)/t24-,25+,28-,30-/m0/s1. The molecule has 0 aliphatic carbocycles. The van der Waals surface area contributed by atoms with Crippen LogP contribution >= 0.6 is 11.3 Å². The number of hydrogen-bond donors (Lipinski definition) is 2. The Hall–Kier alpha value is -3.73. The summed E-state index contributed by atoms with van der Waals surface area (Å²) in [6, 6.07) is 19.4. The average molecular weight is 603 g/mol. The van der Waals surface area contributed by atoms with Crippen LogP contribution in [0.5, 0.6) is 5.75 Å². The first-order valence-electron chi connectivity index (χ1n) is 15.0. The van der Waals surface area contributed by atoms with Crippen LogP contribution in [0.25, 0.3) is 0 Å². The molecule has 0 unspecified atom stereocenters. The third-order valence-corrected chi connectivity index (χ3v) is 9.39. The van der Waals surface area contributed by atoms with Gasteiger partial charge in [0.05, 0.1) is 30.6 Å². The SMILES string of the molecule is CN1C(=O)c2cc(NC(=O)Cc3cccs3)ccc2OC[C@@H]2O[C@@H](CC(=O)N[C@H]3CCN(Cc4ccccc4)C3)CC[C@@H]21. The van der Waals surface area contributed by atoms with Crippen molar-refractivity contribution >= 4 is 34.7 Å². The second-order valence-electron chi connectivity index (χ2n) is 11.7. The van der Waals surface area contributed by atoms with E-state index in [0.717, 1.165) is 37.4 Å². The lowest BCUT2D eigenvalue weighted by atomic mass is 9.94. The molecule has 0 radical (unpaired) electrons. The molecule has 226 valence electrons. The lowest BCUT2D eigenvalue weighted by Crippen LogP contribution is -2.54. The van der Waals surface area contributed by atoms with Crippen LogP contribution in [0.15, 0.2) is 66.0 Å². The fraction of sp³-hybridized carbons (Fsp3) is 0.424. The first-order chi connectivity index (χ1) is 20.9.